The molecule has 3 rings (SSSR count). The van der Waals surface area contributed by atoms with Crippen LogP contribution in [0, 0.1) is 6.92 Å². The molecule has 3 atom stereocenters. The van der Waals surface area contributed by atoms with Gasteiger partial charge in [-0.25, -0.2) is 13.2 Å². The lowest BCUT2D eigenvalue weighted by Gasteiger charge is -2.11. The molecule has 0 heterocycles. The van der Waals surface area contributed by atoms with Crippen molar-refractivity contribution in [2.45, 2.75) is 35.4 Å². The SMILES string of the molecule is CCOC(=O)C1(N)C(c2ccccc2)C1S(=O)(=O)c1ccc(C)cc1. The highest BCUT2D eigenvalue weighted by Crippen LogP contribution is 2.56. The Hall–Kier alpha value is -2.18. The van der Waals surface area contributed by atoms with Gasteiger partial charge >= 0.3 is 5.97 Å². The molecule has 0 saturated heterocycles. The summed E-state index contributed by atoms with van der Waals surface area (Å²) in [5.74, 6) is -1.30. The number of hydrogen-bond acceptors (Lipinski definition) is 5. The highest BCUT2D eigenvalue weighted by molar-refractivity contribution is 7.92. The van der Waals surface area contributed by atoms with Crippen molar-refractivity contribution >= 4 is 15.8 Å². The summed E-state index contributed by atoms with van der Waals surface area (Å²) in [5, 5.41) is -1.04. The van der Waals surface area contributed by atoms with Gasteiger partial charge in [-0.2, -0.15) is 0 Å². The van der Waals surface area contributed by atoms with Gasteiger partial charge in [-0.3, -0.25) is 0 Å². The third-order valence-corrected chi connectivity index (χ3v) is 6.91. The van der Waals surface area contributed by atoms with E-state index in [1.807, 2.05) is 13.0 Å². The minimum atomic E-state index is -3.78. The third-order valence-electron chi connectivity index (χ3n) is 4.65. The van der Waals surface area contributed by atoms with Crippen LogP contribution < -0.4 is 5.73 Å². The first-order valence-corrected chi connectivity index (χ1v) is 9.69. The first-order chi connectivity index (χ1) is 11.8. The average molecular weight is 359 g/mol. The molecule has 132 valence electrons. The van der Waals surface area contributed by atoms with E-state index >= 15 is 0 Å². The highest BCUT2D eigenvalue weighted by atomic mass is 32.2. The van der Waals surface area contributed by atoms with E-state index in [0.29, 0.717) is 0 Å². The second-order valence-electron chi connectivity index (χ2n) is 6.32. The van der Waals surface area contributed by atoms with Gasteiger partial charge < -0.3 is 10.5 Å². The topological polar surface area (TPSA) is 86.5 Å². The molecule has 3 unspecified atom stereocenters. The fourth-order valence-electron chi connectivity index (χ4n) is 3.29. The molecule has 1 fully saturated rings. The predicted octanol–water partition coefficient (Wildman–Crippen LogP) is 2.20. The zero-order chi connectivity index (χ0) is 18.2. The second kappa shape index (κ2) is 6.28. The predicted molar refractivity (Wildman–Crippen MR) is 94.9 cm³/mol. The molecule has 6 heteroatoms. The maximum absolute atomic E-state index is 13.1. The summed E-state index contributed by atoms with van der Waals surface area (Å²) in [5.41, 5.74) is 6.41. The van der Waals surface area contributed by atoms with Crippen molar-refractivity contribution in [1.82, 2.24) is 0 Å². The summed E-state index contributed by atoms with van der Waals surface area (Å²) in [4.78, 5) is 12.6. The maximum Gasteiger partial charge on any atom is 0.328 e. The van der Waals surface area contributed by atoms with Crippen LogP contribution in [0.4, 0.5) is 0 Å². The molecule has 25 heavy (non-hydrogen) atoms. The molecule has 5 nitrogen and oxygen atoms in total. The van der Waals surface area contributed by atoms with E-state index in [4.69, 9.17) is 10.5 Å². The zero-order valence-electron chi connectivity index (χ0n) is 14.2. The summed E-state index contributed by atoms with van der Waals surface area (Å²) in [6.07, 6.45) is 0. The van der Waals surface area contributed by atoms with Crippen LogP contribution in [-0.2, 0) is 19.4 Å². The molecule has 0 amide bonds. The molecule has 2 aromatic carbocycles. The molecule has 1 saturated carbocycles. The van der Waals surface area contributed by atoms with Gasteiger partial charge in [0, 0.05) is 5.92 Å². The molecule has 0 aliphatic heterocycles. The van der Waals surface area contributed by atoms with E-state index in [0.717, 1.165) is 11.1 Å². The normalized spacial score (nSPS) is 25.4. The Balaban J connectivity index is 2.05. The van der Waals surface area contributed by atoms with Gasteiger partial charge in [0.15, 0.2) is 9.84 Å². The van der Waals surface area contributed by atoms with Crippen molar-refractivity contribution in [3.05, 3.63) is 65.7 Å². The van der Waals surface area contributed by atoms with Crippen LogP contribution in [0.5, 0.6) is 0 Å². The lowest BCUT2D eigenvalue weighted by Crippen LogP contribution is -2.41. The molecule has 2 aromatic rings. The molecule has 1 aliphatic carbocycles. The monoisotopic (exact) mass is 359 g/mol. The van der Waals surface area contributed by atoms with Gasteiger partial charge in [0.2, 0.25) is 0 Å². The Morgan fingerprint density at radius 2 is 1.72 bits per heavy atom. The Morgan fingerprint density at radius 3 is 2.28 bits per heavy atom. The van der Waals surface area contributed by atoms with Crippen molar-refractivity contribution in [2.24, 2.45) is 5.73 Å². The molecule has 0 radical (unpaired) electrons. The van der Waals surface area contributed by atoms with Gasteiger partial charge in [-0.1, -0.05) is 48.0 Å². The number of carbonyl (C=O) groups excluding carboxylic acids is 1. The number of benzene rings is 2. The molecule has 0 spiro atoms. The van der Waals surface area contributed by atoms with Gasteiger partial charge in [0.1, 0.15) is 10.8 Å². The number of aryl methyl sites for hydroxylation is 1. The van der Waals surface area contributed by atoms with Gasteiger partial charge in [-0.15, -0.1) is 0 Å². The van der Waals surface area contributed by atoms with Crippen LogP contribution >= 0.6 is 0 Å². The number of sulfone groups is 1. The summed E-state index contributed by atoms with van der Waals surface area (Å²) < 4.78 is 31.3. The van der Waals surface area contributed by atoms with Crippen LogP contribution in [0.25, 0.3) is 0 Å². The summed E-state index contributed by atoms with van der Waals surface area (Å²) in [7, 11) is -3.78. The number of hydrogen-bond donors (Lipinski definition) is 1. The van der Waals surface area contributed by atoms with Crippen molar-refractivity contribution in [1.29, 1.82) is 0 Å². The Morgan fingerprint density at radius 1 is 1.12 bits per heavy atom. The number of carbonyl (C=O) groups is 1. The first-order valence-electron chi connectivity index (χ1n) is 8.15. The fourth-order valence-corrected chi connectivity index (χ4v) is 5.52. The van der Waals surface area contributed by atoms with Crippen LogP contribution in [-0.4, -0.2) is 31.8 Å². The molecule has 0 bridgehead atoms. The molecule has 2 N–H and O–H groups in total. The van der Waals surface area contributed by atoms with Crippen molar-refractivity contribution < 1.29 is 17.9 Å². The third kappa shape index (κ3) is 2.85. The van der Waals surface area contributed by atoms with Crippen LogP contribution in [0.15, 0.2) is 59.5 Å². The second-order valence-corrected chi connectivity index (χ2v) is 8.39. The van der Waals surface area contributed by atoms with E-state index < -0.39 is 32.5 Å². The lowest BCUT2D eigenvalue weighted by atomic mass is 10.1. The number of esters is 1. The van der Waals surface area contributed by atoms with Crippen LogP contribution in [0.3, 0.4) is 0 Å². The Kier molecular flexibility index (Phi) is 4.43. The maximum atomic E-state index is 13.1. The largest absolute Gasteiger partial charge is 0.465 e. The lowest BCUT2D eigenvalue weighted by molar-refractivity contribution is -0.145. The van der Waals surface area contributed by atoms with Crippen molar-refractivity contribution in [3.8, 4) is 0 Å². The fraction of sp³-hybridized carbons (Fsp3) is 0.316. The molecule has 1 aliphatic rings. The van der Waals surface area contributed by atoms with Gasteiger partial charge in [0.25, 0.3) is 0 Å². The van der Waals surface area contributed by atoms with Gasteiger partial charge in [-0.05, 0) is 31.5 Å². The zero-order valence-corrected chi connectivity index (χ0v) is 15.0. The van der Waals surface area contributed by atoms with E-state index in [1.54, 1.807) is 55.5 Å². The minimum Gasteiger partial charge on any atom is -0.465 e. The number of ether oxygens (including phenoxy) is 1. The van der Waals surface area contributed by atoms with Gasteiger partial charge in [0.05, 0.1) is 11.5 Å². The van der Waals surface area contributed by atoms with E-state index in [9.17, 15) is 13.2 Å². The van der Waals surface area contributed by atoms with E-state index in [1.165, 1.54) is 0 Å². The standard InChI is InChI=1S/C19H21NO4S/c1-3-24-18(21)19(20)16(14-7-5-4-6-8-14)17(19)25(22,23)15-11-9-13(2)10-12-15/h4-12,16-17H,3,20H2,1-2H3. The van der Waals surface area contributed by atoms with E-state index in [-0.39, 0.29) is 11.5 Å². The average Bonchev–Trinajstić information content (AvgIpc) is 3.25. The minimum absolute atomic E-state index is 0.149. The quantitative estimate of drug-likeness (QED) is 0.827. The number of rotatable bonds is 5. The summed E-state index contributed by atoms with van der Waals surface area (Å²) >= 11 is 0. The smallest absolute Gasteiger partial charge is 0.328 e. The van der Waals surface area contributed by atoms with Crippen LogP contribution in [0.2, 0.25) is 0 Å². The van der Waals surface area contributed by atoms with Crippen LogP contribution in [0.1, 0.15) is 24.0 Å². The molecule has 0 aromatic heterocycles. The summed E-state index contributed by atoms with van der Waals surface area (Å²) in [6.45, 7) is 3.70. The van der Waals surface area contributed by atoms with Crippen molar-refractivity contribution in [2.75, 3.05) is 6.61 Å². The molecular weight excluding hydrogens is 338 g/mol. The van der Waals surface area contributed by atoms with Crippen molar-refractivity contribution in [3.63, 3.8) is 0 Å². The molecular formula is C19H21NO4S. The first kappa shape index (κ1) is 17.6. The Bertz CT molecular complexity index is 877. The number of nitrogens with two attached hydrogens (primary N) is 1. The Labute approximate surface area is 147 Å². The highest BCUT2D eigenvalue weighted by Gasteiger charge is 2.74. The van der Waals surface area contributed by atoms with E-state index in [2.05, 4.69) is 0 Å². The summed E-state index contributed by atoms with van der Waals surface area (Å²) in [6, 6.07) is 15.6.